The van der Waals surface area contributed by atoms with Crippen LogP contribution in [-0.2, 0) is 18.3 Å². The van der Waals surface area contributed by atoms with E-state index >= 15 is 0 Å². The molecule has 0 spiro atoms. The van der Waals surface area contributed by atoms with Crippen LogP contribution in [0.4, 0.5) is 0 Å². The van der Waals surface area contributed by atoms with Crippen molar-refractivity contribution in [3.63, 3.8) is 0 Å². The molecule has 1 fully saturated rings. The van der Waals surface area contributed by atoms with Crippen LogP contribution in [0.1, 0.15) is 40.3 Å². The van der Waals surface area contributed by atoms with E-state index in [4.69, 9.17) is 9.15 Å². The first-order chi connectivity index (χ1) is 14.0. The second-order valence-corrected chi connectivity index (χ2v) is 8.44. The van der Waals surface area contributed by atoms with Crippen LogP contribution in [0.3, 0.4) is 0 Å². The molecule has 0 amide bonds. The van der Waals surface area contributed by atoms with Gasteiger partial charge in [0.25, 0.3) is 0 Å². The molecule has 4 heterocycles. The maximum absolute atomic E-state index is 12.9. The summed E-state index contributed by atoms with van der Waals surface area (Å²) in [7, 11) is 1.90. The zero-order valence-electron chi connectivity index (χ0n) is 17.3. The van der Waals surface area contributed by atoms with Crippen molar-refractivity contribution in [3.05, 3.63) is 41.1 Å². The Balaban J connectivity index is 1.45. The number of rotatable bonds is 7. The van der Waals surface area contributed by atoms with E-state index in [1.807, 2.05) is 44.5 Å². The van der Waals surface area contributed by atoms with Crippen molar-refractivity contribution < 1.29 is 13.9 Å². The number of furan rings is 1. The van der Waals surface area contributed by atoms with Crippen LogP contribution in [0.15, 0.2) is 28.0 Å². The summed E-state index contributed by atoms with van der Waals surface area (Å²) in [5.41, 5.74) is 3.80. The predicted molar refractivity (Wildman–Crippen MR) is 111 cm³/mol. The van der Waals surface area contributed by atoms with Gasteiger partial charge in [0.05, 0.1) is 23.7 Å². The number of aryl methyl sites for hydroxylation is 2. The summed E-state index contributed by atoms with van der Waals surface area (Å²) in [4.78, 5) is 12.9. The van der Waals surface area contributed by atoms with Crippen molar-refractivity contribution >= 4 is 17.5 Å². The highest BCUT2D eigenvalue weighted by atomic mass is 32.2. The molecule has 0 unspecified atom stereocenters. The molecule has 0 aliphatic carbocycles. The van der Waals surface area contributed by atoms with Crippen LogP contribution < -0.4 is 0 Å². The van der Waals surface area contributed by atoms with Crippen LogP contribution >= 0.6 is 11.8 Å². The van der Waals surface area contributed by atoms with E-state index in [0.29, 0.717) is 10.9 Å². The second kappa shape index (κ2) is 8.20. The van der Waals surface area contributed by atoms with Gasteiger partial charge >= 0.3 is 0 Å². The number of hydrogen-bond donors (Lipinski definition) is 0. The minimum absolute atomic E-state index is 0.103. The van der Waals surface area contributed by atoms with Crippen LogP contribution in [0, 0.1) is 20.8 Å². The Morgan fingerprint density at radius 2 is 2.14 bits per heavy atom. The highest BCUT2D eigenvalue weighted by molar-refractivity contribution is 7.99. The molecule has 8 heteroatoms. The normalized spacial score (nSPS) is 16.6. The number of aromatic nitrogens is 4. The zero-order chi connectivity index (χ0) is 20.5. The standard InChI is InChI=1S/C21H26N4O3S/c1-13-10-18(14(2)25(13)11-16-6-5-8-28-16)19(26)12-29-21-23-22-20(24(21)4)17-7-9-27-15(17)3/h7,9-10,16H,5-6,8,11-12H2,1-4H3/t16-/m0/s1. The van der Waals surface area contributed by atoms with Gasteiger partial charge < -0.3 is 18.3 Å². The van der Waals surface area contributed by atoms with E-state index in [2.05, 4.69) is 14.8 Å². The molecule has 0 aromatic carbocycles. The number of nitrogens with zero attached hydrogens (tertiary/aromatic N) is 4. The second-order valence-electron chi connectivity index (χ2n) is 7.50. The van der Waals surface area contributed by atoms with Crippen molar-refractivity contribution in [2.45, 2.75) is 51.4 Å². The molecule has 0 saturated carbocycles. The lowest BCUT2D eigenvalue weighted by Gasteiger charge is -2.14. The lowest BCUT2D eigenvalue weighted by molar-refractivity contribution is 0.0957. The third-order valence-corrected chi connectivity index (χ3v) is 6.57. The molecule has 29 heavy (non-hydrogen) atoms. The summed E-state index contributed by atoms with van der Waals surface area (Å²) < 4.78 is 15.2. The average molecular weight is 415 g/mol. The van der Waals surface area contributed by atoms with Gasteiger partial charge in [-0.1, -0.05) is 11.8 Å². The lowest BCUT2D eigenvalue weighted by Crippen LogP contribution is -2.17. The predicted octanol–water partition coefficient (Wildman–Crippen LogP) is 3.96. The van der Waals surface area contributed by atoms with Gasteiger partial charge in [0.15, 0.2) is 16.8 Å². The number of Topliss-reactive ketones (excluding diaryl/α,β-unsaturated/α-hetero) is 1. The first-order valence-electron chi connectivity index (χ1n) is 9.84. The molecular weight excluding hydrogens is 388 g/mol. The molecule has 0 N–H and O–H groups in total. The molecule has 7 nitrogen and oxygen atoms in total. The van der Waals surface area contributed by atoms with Gasteiger partial charge in [-0.25, -0.2) is 0 Å². The Labute approximate surface area is 174 Å². The molecule has 154 valence electrons. The molecule has 4 rings (SSSR count). The zero-order valence-corrected chi connectivity index (χ0v) is 18.1. The van der Waals surface area contributed by atoms with Crippen molar-refractivity contribution in [2.24, 2.45) is 7.05 Å². The Bertz CT molecular complexity index is 1030. The maximum Gasteiger partial charge on any atom is 0.191 e. The van der Waals surface area contributed by atoms with Gasteiger partial charge in [-0.05, 0) is 45.7 Å². The Morgan fingerprint density at radius 3 is 2.83 bits per heavy atom. The van der Waals surface area contributed by atoms with Gasteiger partial charge in [0.1, 0.15) is 5.76 Å². The minimum Gasteiger partial charge on any atom is -0.469 e. The largest absolute Gasteiger partial charge is 0.469 e. The summed E-state index contributed by atoms with van der Waals surface area (Å²) in [6.45, 7) is 7.61. The Kier molecular flexibility index (Phi) is 5.65. The molecule has 1 aliphatic rings. The quantitative estimate of drug-likeness (QED) is 0.430. The van der Waals surface area contributed by atoms with Gasteiger partial charge in [0.2, 0.25) is 0 Å². The van der Waals surface area contributed by atoms with Gasteiger partial charge in [0, 0.05) is 37.2 Å². The van der Waals surface area contributed by atoms with Crippen LogP contribution in [0.5, 0.6) is 0 Å². The summed E-state index contributed by atoms with van der Waals surface area (Å²) in [6, 6.07) is 3.87. The molecule has 0 radical (unpaired) electrons. The van der Waals surface area contributed by atoms with Crippen LogP contribution in [0.2, 0.25) is 0 Å². The average Bonchev–Trinajstić information content (AvgIpc) is 3.47. The van der Waals surface area contributed by atoms with Crippen molar-refractivity contribution in [1.82, 2.24) is 19.3 Å². The number of ketones is 1. The minimum atomic E-state index is 0.103. The van der Waals surface area contributed by atoms with Crippen molar-refractivity contribution in [2.75, 3.05) is 12.4 Å². The van der Waals surface area contributed by atoms with Crippen LogP contribution in [0.25, 0.3) is 11.4 Å². The molecule has 3 aromatic rings. The molecule has 3 aromatic heterocycles. The number of carbonyl (C=O) groups is 1. The smallest absolute Gasteiger partial charge is 0.191 e. The maximum atomic E-state index is 12.9. The van der Waals surface area contributed by atoms with E-state index in [0.717, 1.165) is 60.1 Å². The van der Waals surface area contributed by atoms with Crippen molar-refractivity contribution in [3.8, 4) is 11.4 Å². The fourth-order valence-electron chi connectivity index (χ4n) is 3.86. The van der Waals surface area contributed by atoms with E-state index in [1.54, 1.807) is 6.26 Å². The highest BCUT2D eigenvalue weighted by Gasteiger charge is 2.22. The highest BCUT2D eigenvalue weighted by Crippen LogP contribution is 2.27. The summed E-state index contributed by atoms with van der Waals surface area (Å²) >= 11 is 1.41. The van der Waals surface area contributed by atoms with Crippen molar-refractivity contribution in [1.29, 1.82) is 0 Å². The number of carbonyl (C=O) groups excluding carboxylic acids is 1. The number of hydrogen-bond acceptors (Lipinski definition) is 6. The van der Waals surface area contributed by atoms with E-state index < -0.39 is 0 Å². The number of ether oxygens (including phenoxy) is 1. The van der Waals surface area contributed by atoms with Gasteiger partial charge in [-0.3, -0.25) is 4.79 Å². The molecule has 1 saturated heterocycles. The van der Waals surface area contributed by atoms with Gasteiger partial charge in [-0.2, -0.15) is 0 Å². The molecule has 1 aliphatic heterocycles. The first-order valence-corrected chi connectivity index (χ1v) is 10.8. The number of thioether (sulfide) groups is 1. The van der Waals surface area contributed by atoms with Crippen LogP contribution in [-0.4, -0.2) is 43.6 Å². The fraction of sp³-hybridized carbons (Fsp3) is 0.476. The summed E-state index contributed by atoms with van der Waals surface area (Å²) in [5.74, 6) is 1.96. The Hall–Kier alpha value is -2.32. The molecule has 1 atom stereocenters. The Morgan fingerprint density at radius 1 is 1.31 bits per heavy atom. The SMILES string of the molecule is Cc1occc1-c1nnc(SCC(=O)c2cc(C)n(C[C@@H]3CCCO3)c2C)n1C. The van der Waals surface area contributed by atoms with E-state index in [1.165, 1.54) is 11.8 Å². The topological polar surface area (TPSA) is 75.1 Å². The van der Waals surface area contributed by atoms with E-state index in [9.17, 15) is 4.79 Å². The molecular formula is C21H26N4O3S. The lowest BCUT2D eigenvalue weighted by atomic mass is 10.2. The van der Waals surface area contributed by atoms with Gasteiger partial charge in [-0.15, -0.1) is 10.2 Å². The fourth-order valence-corrected chi connectivity index (χ4v) is 4.65. The first kappa shape index (κ1) is 20.0. The van der Waals surface area contributed by atoms with E-state index in [-0.39, 0.29) is 11.9 Å². The molecule has 0 bridgehead atoms. The third kappa shape index (κ3) is 3.91. The summed E-state index contributed by atoms with van der Waals surface area (Å²) in [6.07, 6.45) is 4.09. The summed E-state index contributed by atoms with van der Waals surface area (Å²) in [5, 5.41) is 9.23. The third-order valence-electron chi connectivity index (χ3n) is 5.55. The monoisotopic (exact) mass is 414 g/mol.